The predicted molar refractivity (Wildman–Crippen MR) is 111 cm³/mol. The van der Waals surface area contributed by atoms with Gasteiger partial charge in [-0.25, -0.2) is 9.97 Å². The van der Waals surface area contributed by atoms with E-state index in [1.54, 1.807) is 22.7 Å². The van der Waals surface area contributed by atoms with Gasteiger partial charge in [0.15, 0.2) is 5.82 Å². The molecule has 0 aliphatic carbocycles. The van der Waals surface area contributed by atoms with Crippen LogP contribution in [-0.4, -0.2) is 28.6 Å². The number of hydrogen-bond donors (Lipinski definition) is 2. The van der Waals surface area contributed by atoms with Gasteiger partial charge in [0.2, 0.25) is 0 Å². The third-order valence-electron chi connectivity index (χ3n) is 4.07. The summed E-state index contributed by atoms with van der Waals surface area (Å²) in [6.07, 6.45) is 1.05. The summed E-state index contributed by atoms with van der Waals surface area (Å²) >= 11 is 3.43. The minimum absolute atomic E-state index is 0.162. The molecule has 25 heavy (non-hydrogen) atoms. The average Bonchev–Trinajstić information content (AvgIpc) is 3.15. The van der Waals surface area contributed by atoms with Crippen LogP contribution >= 0.6 is 22.7 Å². The SMILES string of the molecule is Cc1sc2nc(-c3cccs3)nc(NCCCNC(C)(C)C)c2c1C. The molecule has 0 saturated heterocycles. The van der Waals surface area contributed by atoms with Crippen LogP contribution in [-0.2, 0) is 0 Å². The molecule has 3 aromatic heterocycles. The van der Waals surface area contributed by atoms with Crippen molar-refractivity contribution < 1.29 is 0 Å². The number of nitrogens with one attached hydrogen (secondary N) is 2. The summed E-state index contributed by atoms with van der Waals surface area (Å²) in [6.45, 7) is 12.8. The number of aromatic nitrogens is 2. The average molecular weight is 375 g/mol. The van der Waals surface area contributed by atoms with Crippen LogP contribution in [0.5, 0.6) is 0 Å². The lowest BCUT2D eigenvalue weighted by Gasteiger charge is -2.20. The Morgan fingerprint density at radius 1 is 1.12 bits per heavy atom. The van der Waals surface area contributed by atoms with Crippen molar-refractivity contribution in [3.8, 4) is 10.7 Å². The van der Waals surface area contributed by atoms with E-state index in [1.807, 2.05) is 6.07 Å². The zero-order valence-electron chi connectivity index (χ0n) is 15.6. The van der Waals surface area contributed by atoms with E-state index in [9.17, 15) is 0 Å². The van der Waals surface area contributed by atoms with Crippen molar-refractivity contribution in [3.63, 3.8) is 0 Å². The van der Waals surface area contributed by atoms with Gasteiger partial charge in [-0.15, -0.1) is 22.7 Å². The maximum absolute atomic E-state index is 4.84. The van der Waals surface area contributed by atoms with E-state index in [1.165, 1.54) is 15.8 Å². The maximum atomic E-state index is 4.84. The summed E-state index contributed by atoms with van der Waals surface area (Å²) in [5, 5.41) is 10.3. The highest BCUT2D eigenvalue weighted by Crippen LogP contribution is 2.35. The Labute approximate surface area is 157 Å². The van der Waals surface area contributed by atoms with Gasteiger partial charge in [0, 0.05) is 17.0 Å². The topological polar surface area (TPSA) is 49.8 Å². The zero-order valence-corrected chi connectivity index (χ0v) is 17.2. The molecular weight excluding hydrogens is 348 g/mol. The highest BCUT2D eigenvalue weighted by molar-refractivity contribution is 7.19. The molecule has 0 atom stereocenters. The van der Waals surface area contributed by atoms with Crippen LogP contribution in [0.1, 0.15) is 37.6 Å². The Morgan fingerprint density at radius 3 is 2.60 bits per heavy atom. The van der Waals surface area contributed by atoms with Gasteiger partial charge in [-0.2, -0.15) is 0 Å². The van der Waals surface area contributed by atoms with Crippen LogP contribution in [0.2, 0.25) is 0 Å². The lowest BCUT2D eigenvalue weighted by molar-refractivity contribution is 0.425. The second-order valence-corrected chi connectivity index (χ2v) is 9.44. The highest BCUT2D eigenvalue weighted by Gasteiger charge is 2.16. The number of nitrogens with zero attached hydrogens (tertiary/aromatic N) is 2. The van der Waals surface area contributed by atoms with Crippen LogP contribution in [0.25, 0.3) is 20.9 Å². The molecule has 2 N–H and O–H groups in total. The van der Waals surface area contributed by atoms with Crippen molar-refractivity contribution in [2.75, 3.05) is 18.4 Å². The molecule has 6 heteroatoms. The predicted octanol–water partition coefficient (Wildman–Crippen LogP) is 5.23. The Balaban J connectivity index is 1.82. The van der Waals surface area contributed by atoms with Crippen molar-refractivity contribution in [2.45, 2.75) is 46.6 Å². The van der Waals surface area contributed by atoms with Gasteiger partial charge in [-0.05, 0) is 64.6 Å². The van der Waals surface area contributed by atoms with Crippen LogP contribution < -0.4 is 10.6 Å². The van der Waals surface area contributed by atoms with E-state index in [0.29, 0.717) is 0 Å². The fourth-order valence-electron chi connectivity index (χ4n) is 2.65. The summed E-state index contributed by atoms with van der Waals surface area (Å²) in [7, 11) is 0. The smallest absolute Gasteiger partial charge is 0.173 e. The molecule has 0 aromatic carbocycles. The van der Waals surface area contributed by atoms with E-state index in [2.05, 4.69) is 56.7 Å². The van der Waals surface area contributed by atoms with Crippen molar-refractivity contribution in [3.05, 3.63) is 28.0 Å². The van der Waals surface area contributed by atoms with Crippen molar-refractivity contribution in [1.82, 2.24) is 15.3 Å². The Morgan fingerprint density at radius 2 is 1.92 bits per heavy atom. The third-order valence-corrected chi connectivity index (χ3v) is 6.04. The third kappa shape index (κ3) is 4.37. The van der Waals surface area contributed by atoms with Crippen LogP contribution in [0.4, 0.5) is 5.82 Å². The fourth-order valence-corrected chi connectivity index (χ4v) is 4.34. The monoisotopic (exact) mass is 374 g/mol. The molecular formula is C19H26N4S2. The molecule has 0 radical (unpaired) electrons. The first-order valence-corrected chi connectivity index (χ1v) is 10.4. The number of rotatable bonds is 6. The number of hydrogen-bond acceptors (Lipinski definition) is 6. The first kappa shape index (κ1) is 18.3. The zero-order chi connectivity index (χ0) is 18.0. The van der Waals surface area contributed by atoms with Crippen molar-refractivity contribution in [1.29, 1.82) is 0 Å². The van der Waals surface area contributed by atoms with E-state index < -0.39 is 0 Å². The molecule has 3 heterocycles. The van der Waals surface area contributed by atoms with E-state index in [4.69, 9.17) is 9.97 Å². The molecule has 0 unspecified atom stereocenters. The summed E-state index contributed by atoms with van der Waals surface area (Å²) in [5.41, 5.74) is 1.45. The summed E-state index contributed by atoms with van der Waals surface area (Å²) in [5.74, 6) is 1.78. The van der Waals surface area contributed by atoms with Gasteiger partial charge in [0.25, 0.3) is 0 Å². The second kappa shape index (κ2) is 7.40. The Hall–Kier alpha value is -1.50. The van der Waals surface area contributed by atoms with E-state index in [0.717, 1.165) is 40.9 Å². The minimum Gasteiger partial charge on any atom is -0.369 e. The second-order valence-electron chi connectivity index (χ2n) is 7.29. The molecule has 0 saturated carbocycles. The Kier molecular flexibility index (Phi) is 5.41. The quantitative estimate of drug-likeness (QED) is 0.580. The number of fused-ring (bicyclic) bond motifs is 1. The minimum atomic E-state index is 0.162. The lowest BCUT2D eigenvalue weighted by atomic mass is 10.1. The molecule has 0 fully saturated rings. The van der Waals surface area contributed by atoms with Gasteiger partial charge in [-0.3, -0.25) is 0 Å². The number of thiophene rings is 2. The first-order valence-electron chi connectivity index (χ1n) is 8.65. The van der Waals surface area contributed by atoms with Crippen molar-refractivity contribution in [2.24, 2.45) is 0 Å². The summed E-state index contributed by atoms with van der Waals surface area (Å²) in [6, 6.07) is 4.12. The van der Waals surface area contributed by atoms with Gasteiger partial charge < -0.3 is 10.6 Å². The maximum Gasteiger partial charge on any atom is 0.173 e. The number of aryl methyl sites for hydroxylation is 2. The fraction of sp³-hybridized carbons (Fsp3) is 0.474. The lowest BCUT2D eigenvalue weighted by Crippen LogP contribution is -2.36. The largest absolute Gasteiger partial charge is 0.369 e. The van der Waals surface area contributed by atoms with Crippen LogP contribution in [0, 0.1) is 13.8 Å². The van der Waals surface area contributed by atoms with E-state index in [-0.39, 0.29) is 5.54 Å². The molecule has 3 rings (SSSR count). The van der Waals surface area contributed by atoms with Crippen molar-refractivity contribution >= 4 is 38.7 Å². The van der Waals surface area contributed by atoms with E-state index >= 15 is 0 Å². The molecule has 3 aromatic rings. The molecule has 4 nitrogen and oxygen atoms in total. The van der Waals surface area contributed by atoms with Gasteiger partial charge in [0.05, 0.1) is 10.3 Å². The number of anilines is 1. The molecule has 0 aliphatic rings. The summed E-state index contributed by atoms with van der Waals surface area (Å²) < 4.78 is 0. The van der Waals surface area contributed by atoms with Crippen LogP contribution in [0.15, 0.2) is 17.5 Å². The normalized spacial score (nSPS) is 12.0. The molecule has 134 valence electrons. The van der Waals surface area contributed by atoms with Gasteiger partial charge in [0.1, 0.15) is 10.6 Å². The molecule has 0 spiro atoms. The molecule has 0 aliphatic heterocycles. The van der Waals surface area contributed by atoms with Gasteiger partial charge in [-0.1, -0.05) is 6.07 Å². The standard InChI is InChI=1S/C19H26N4S2/c1-12-13(2)25-18-15(12)17(20-9-7-10-21-19(3,4)5)22-16(23-18)14-8-6-11-24-14/h6,8,11,21H,7,9-10H2,1-5H3,(H,20,22,23). The first-order chi connectivity index (χ1) is 11.8. The summed E-state index contributed by atoms with van der Waals surface area (Å²) in [4.78, 5) is 13.1. The Bertz CT molecular complexity index is 845. The molecule has 0 bridgehead atoms. The molecule has 0 amide bonds. The van der Waals surface area contributed by atoms with Crippen LogP contribution in [0.3, 0.4) is 0 Å². The van der Waals surface area contributed by atoms with Gasteiger partial charge >= 0.3 is 0 Å². The highest BCUT2D eigenvalue weighted by atomic mass is 32.1.